The molecule has 0 unspecified atom stereocenters. The Morgan fingerprint density at radius 3 is 2.75 bits per heavy atom. The summed E-state index contributed by atoms with van der Waals surface area (Å²) in [5.41, 5.74) is 0.896. The second-order valence-electron chi connectivity index (χ2n) is 2.15. The molecule has 0 bridgehead atoms. The second-order valence-corrected chi connectivity index (χ2v) is 2.15. The average molecular weight is 114 g/mol. The van der Waals surface area contributed by atoms with Gasteiger partial charge in [-0.3, -0.25) is 0 Å². The van der Waals surface area contributed by atoms with E-state index in [0.29, 0.717) is 0 Å². The maximum atomic E-state index is 8.25. The Hall–Kier alpha value is -0.570. The molecule has 1 saturated heterocycles. The number of hydrogen-bond acceptors (Lipinski definition) is 3. The standard InChI is InChI=1S/C5H10N2O/c1-7-3-2-5(4-7)6-8/h8H,2-4H2,1H3/b6-5+. The van der Waals surface area contributed by atoms with Gasteiger partial charge in [-0.25, -0.2) is 0 Å². The summed E-state index contributed by atoms with van der Waals surface area (Å²) in [5, 5.41) is 11.4. The minimum atomic E-state index is 0.830. The highest BCUT2D eigenvalue weighted by molar-refractivity contribution is 5.87. The number of oxime groups is 1. The van der Waals surface area contributed by atoms with Crippen LogP contribution >= 0.6 is 0 Å². The van der Waals surface area contributed by atoms with Gasteiger partial charge in [-0.1, -0.05) is 5.16 Å². The quantitative estimate of drug-likeness (QED) is 0.359. The molecule has 1 aliphatic rings. The van der Waals surface area contributed by atoms with Gasteiger partial charge in [0.25, 0.3) is 0 Å². The molecule has 3 nitrogen and oxygen atoms in total. The lowest BCUT2D eigenvalue weighted by Crippen LogP contribution is -2.13. The number of likely N-dealkylation sites (tertiary alicyclic amines) is 1. The molecule has 1 aliphatic heterocycles. The van der Waals surface area contributed by atoms with Crippen molar-refractivity contribution in [1.82, 2.24) is 4.90 Å². The Balaban J connectivity index is 2.44. The van der Waals surface area contributed by atoms with E-state index < -0.39 is 0 Å². The van der Waals surface area contributed by atoms with Crippen molar-refractivity contribution >= 4 is 5.71 Å². The highest BCUT2D eigenvalue weighted by atomic mass is 16.4. The lowest BCUT2D eigenvalue weighted by Gasteiger charge is -2.00. The molecule has 1 heterocycles. The van der Waals surface area contributed by atoms with E-state index in [1.165, 1.54) is 0 Å². The summed E-state index contributed by atoms with van der Waals surface area (Å²) in [5.74, 6) is 0. The van der Waals surface area contributed by atoms with Crippen LogP contribution in [0.1, 0.15) is 6.42 Å². The maximum absolute atomic E-state index is 8.25. The van der Waals surface area contributed by atoms with Crippen LogP contribution in [0.3, 0.4) is 0 Å². The Labute approximate surface area is 48.6 Å². The maximum Gasteiger partial charge on any atom is 0.0723 e. The van der Waals surface area contributed by atoms with Crippen molar-refractivity contribution in [2.24, 2.45) is 5.16 Å². The Morgan fingerprint density at radius 2 is 2.50 bits per heavy atom. The van der Waals surface area contributed by atoms with Crippen LogP contribution in [0, 0.1) is 0 Å². The van der Waals surface area contributed by atoms with Gasteiger partial charge in [0.15, 0.2) is 0 Å². The Morgan fingerprint density at radius 1 is 1.75 bits per heavy atom. The van der Waals surface area contributed by atoms with Crippen molar-refractivity contribution in [3.05, 3.63) is 0 Å². The van der Waals surface area contributed by atoms with Crippen LogP contribution in [0.4, 0.5) is 0 Å². The van der Waals surface area contributed by atoms with Gasteiger partial charge in [0.05, 0.1) is 5.71 Å². The van der Waals surface area contributed by atoms with Crippen LogP contribution in [-0.4, -0.2) is 36.0 Å². The van der Waals surface area contributed by atoms with Crippen LogP contribution < -0.4 is 0 Å². The van der Waals surface area contributed by atoms with Crippen molar-refractivity contribution < 1.29 is 5.21 Å². The molecule has 1 fully saturated rings. The largest absolute Gasteiger partial charge is 0.411 e. The highest BCUT2D eigenvalue weighted by Gasteiger charge is 2.12. The van der Waals surface area contributed by atoms with Gasteiger partial charge in [-0.05, 0) is 7.05 Å². The molecule has 0 aromatic carbocycles. The molecule has 46 valence electrons. The fraction of sp³-hybridized carbons (Fsp3) is 0.800. The third kappa shape index (κ3) is 0.980. The second kappa shape index (κ2) is 2.13. The molecule has 3 heteroatoms. The molecular formula is C5H10N2O. The molecular weight excluding hydrogens is 104 g/mol. The number of rotatable bonds is 0. The molecule has 0 aromatic heterocycles. The Kier molecular flexibility index (Phi) is 1.48. The van der Waals surface area contributed by atoms with Gasteiger partial charge < -0.3 is 10.1 Å². The van der Waals surface area contributed by atoms with E-state index >= 15 is 0 Å². The van der Waals surface area contributed by atoms with Crippen molar-refractivity contribution in [3.63, 3.8) is 0 Å². The SMILES string of the molecule is CN1CC/C(=N\O)C1. The van der Waals surface area contributed by atoms with E-state index in [4.69, 9.17) is 5.21 Å². The van der Waals surface area contributed by atoms with Crippen LogP contribution in [0.25, 0.3) is 0 Å². The lowest BCUT2D eigenvalue weighted by molar-refractivity contribution is 0.317. The van der Waals surface area contributed by atoms with E-state index in [-0.39, 0.29) is 0 Å². The summed E-state index contributed by atoms with van der Waals surface area (Å²) in [4.78, 5) is 2.12. The van der Waals surface area contributed by atoms with Crippen LogP contribution in [0.5, 0.6) is 0 Å². The van der Waals surface area contributed by atoms with Gasteiger partial charge in [-0.2, -0.15) is 0 Å². The molecule has 0 saturated carbocycles. The van der Waals surface area contributed by atoms with Crippen molar-refractivity contribution in [2.75, 3.05) is 20.1 Å². The van der Waals surface area contributed by atoms with Crippen LogP contribution in [-0.2, 0) is 0 Å². The fourth-order valence-electron chi connectivity index (χ4n) is 0.871. The zero-order valence-electron chi connectivity index (χ0n) is 4.96. The van der Waals surface area contributed by atoms with Gasteiger partial charge in [0.2, 0.25) is 0 Å². The molecule has 0 aromatic rings. The minimum absolute atomic E-state index is 0.830. The summed E-state index contributed by atoms with van der Waals surface area (Å²) in [6.45, 7) is 1.86. The zero-order chi connectivity index (χ0) is 5.98. The molecule has 1 N–H and O–H groups in total. The third-order valence-corrected chi connectivity index (χ3v) is 1.38. The normalized spacial score (nSPS) is 27.4. The predicted octanol–water partition coefficient (Wildman–Crippen LogP) is 0.152. The summed E-state index contributed by atoms with van der Waals surface area (Å²) < 4.78 is 0. The lowest BCUT2D eigenvalue weighted by atomic mass is 10.3. The van der Waals surface area contributed by atoms with Gasteiger partial charge >= 0.3 is 0 Å². The van der Waals surface area contributed by atoms with E-state index in [2.05, 4.69) is 10.1 Å². The summed E-state index contributed by atoms with van der Waals surface area (Å²) >= 11 is 0. The monoisotopic (exact) mass is 114 g/mol. The van der Waals surface area contributed by atoms with Crippen LogP contribution in [0.2, 0.25) is 0 Å². The van der Waals surface area contributed by atoms with E-state index in [0.717, 1.165) is 25.2 Å². The van der Waals surface area contributed by atoms with E-state index in [1.54, 1.807) is 0 Å². The number of nitrogens with zero attached hydrogens (tertiary/aromatic N) is 2. The van der Waals surface area contributed by atoms with Gasteiger partial charge in [-0.15, -0.1) is 0 Å². The summed E-state index contributed by atoms with van der Waals surface area (Å²) in [7, 11) is 2.01. The first-order chi connectivity index (χ1) is 3.83. The molecule has 1 rings (SSSR count). The van der Waals surface area contributed by atoms with Crippen molar-refractivity contribution in [2.45, 2.75) is 6.42 Å². The first-order valence-corrected chi connectivity index (χ1v) is 2.71. The van der Waals surface area contributed by atoms with Gasteiger partial charge in [0, 0.05) is 19.5 Å². The summed E-state index contributed by atoms with van der Waals surface area (Å²) in [6, 6.07) is 0. The molecule has 0 atom stereocenters. The van der Waals surface area contributed by atoms with Crippen molar-refractivity contribution in [3.8, 4) is 0 Å². The van der Waals surface area contributed by atoms with Crippen molar-refractivity contribution in [1.29, 1.82) is 0 Å². The van der Waals surface area contributed by atoms with E-state index in [1.807, 2.05) is 7.05 Å². The molecule has 8 heavy (non-hydrogen) atoms. The molecule has 0 aliphatic carbocycles. The molecule has 0 amide bonds. The average Bonchev–Trinajstić information content (AvgIpc) is 2.14. The topological polar surface area (TPSA) is 35.8 Å². The number of hydrogen-bond donors (Lipinski definition) is 1. The molecule has 0 spiro atoms. The summed E-state index contributed by atoms with van der Waals surface area (Å²) in [6.07, 6.45) is 0.924. The van der Waals surface area contributed by atoms with Crippen LogP contribution in [0.15, 0.2) is 5.16 Å². The molecule has 0 radical (unpaired) electrons. The first-order valence-electron chi connectivity index (χ1n) is 2.71. The van der Waals surface area contributed by atoms with Gasteiger partial charge in [0.1, 0.15) is 0 Å². The fourth-order valence-corrected chi connectivity index (χ4v) is 0.871. The van der Waals surface area contributed by atoms with E-state index in [9.17, 15) is 0 Å². The predicted molar refractivity (Wildman–Crippen MR) is 31.3 cm³/mol. The highest BCUT2D eigenvalue weighted by Crippen LogP contribution is 2.00. The minimum Gasteiger partial charge on any atom is -0.411 e. The third-order valence-electron chi connectivity index (χ3n) is 1.38. The smallest absolute Gasteiger partial charge is 0.0723 e. The first kappa shape index (κ1) is 5.56. The zero-order valence-corrected chi connectivity index (χ0v) is 4.96. The Bertz CT molecular complexity index is 111.